The zero-order chi connectivity index (χ0) is 16.0. The summed E-state index contributed by atoms with van der Waals surface area (Å²) in [5.41, 5.74) is -0.240. The molecule has 0 radical (unpaired) electrons. The summed E-state index contributed by atoms with van der Waals surface area (Å²) in [6.07, 6.45) is 0. The van der Waals surface area contributed by atoms with Crippen molar-refractivity contribution in [3.63, 3.8) is 0 Å². The molecular weight excluding hydrogens is 279 g/mol. The van der Waals surface area contributed by atoms with Gasteiger partial charge in [0, 0.05) is 13.7 Å². The Bertz CT molecular complexity index is 522. The van der Waals surface area contributed by atoms with Gasteiger partial charge < -0.3 is 20.1 Å². The molecular formula is C14H19FN2O4. The zero-order valence-corrected chi connectivity index (χ0v) is 12.2. The Morgan fingerprint density at radius 1 is 1.48 bits per heavy atom. The monoisotopic (exact) mass is 298 g/mol. The van der Waals surface area contributed by atoms with Crippen LogP contribution in [0.15, 0.2) is 18.2 Å². The number of nitrogens with one attached hydrogen (secondary N) is 1. The number of carbonyl (C=O) groups excluding carboxylic acids is 1. The Hall–Kier alpha value is -2.15. The molecule has 1 aromatic rings. The number of anilines is 1. The quantitative estimate of drug-likeness (QED) is 0.845. The molecule has 0 saturated heterocycles. The Balaban J connectivity index is 2.94. The average Bonchev–Trinajstić information content (AvgIpc) is 2.41. The van der Waals surface area contributed by atoms with Gasteiger partial charge in [-0.3, -0.25) is 0 Å². The van der Waals surface area contributed by atoms with Crippen molar-refractivity contribution in [1.82, 2.24) is 4.90 Å². The molecule has 0 saturated carbocycles. The highest BCUT2D eigenvalue weighted by atomic mass is 19.1. The van der Waals surface area contributed by atoms with Crippen LogP contribution in [-0.4, -0.2) is 48.3 Å². The lowest BCUT2D eigenvalue weighted by Gasteiger charge is -2.27. The van der Waals surface area contributed by atoms with Crippen molar-refractivity contribution < 1.29 is 23.8 Å². The van der Waals surface area contributed by atoms with Crippen LogP contribution in [0.2, 0.25) is 0 Å². The molecule has 0 aromatic heterocycles. The second-order valence-corrected chi connectivity index (χ2v) is 4.52. The second-order valence-electron chi connectivity index (χ2n) is 4.52. The smallest absolute Gasteiger partial charge is 0.337 e. The van der Waals surface area contributed by atoms with Gasteiger partial charge in [-0.25, -0.2) is 14.0 Å². The number of ether oxygens (including phenoxy) is 1. The van der Waals surface area contributed by atoms with E-state index < -0.39 is 17.8 Å². The molecule has 0 fully saturated rings. The van der Waals surface area contributed by atoms with Crippen molar-refractivity contribution in [1.29, 1.82) is 0 Å². The average molecular weight is 298 g/mol. The van der Waals surface area contributed by atoms with Gasteiger partial charge in [-0.2, -0.15) is 0 Å². The minimum Gasteiger partial charge on any atom is -0.478 e. The van der Waals surface area contributed by atoms with Gasteiger partial charge >= 0.3 is 12.0 Å². The highest BCUT2D eigenvalue weighted by Crippen LogP contribution is 2.18. The van der Waals surface area contributed by atoms with Crippen LogP contribution in [0.3, 0.4) is 0 Å². The molecule has 21 heavy (non-hydrogen) atoms. The Kier molecular flexibility index (Phi) is 6.10. The molecule has 0 heterocycles. The molecule has 0 spiro atoms. The van der Waals surface area contributed by atoms with Crippen LogP contribution < -0.4 is 5.32 Å². The Morgan fingerprint density at radius 2 is 2.14 bits per heavy atom. The number of halogens is 1. The fraction of sp³-hybridized carbons (Fsp3) is 0.429. The number of hydrogen-bond acceptors (Lipinski definition) is 3. The third-order valence-corrected chi connectivity index (χ3v) is 3.00. The summed E-state index contributed by atoms with van der Waals surface area (Å²) in [5.74, 6) is -1.98. The molecule has 1 unspecified atom stereocenters. The van der Waals surface area contributed by atoms with Crippen LogP contribution in [0.25, 0.3) is 0 Å². The van der Waals surface area contributed by atoms with Crippen molar-refractivity contribution in [2.45, 2.75) is 19.9 Å². The third-order valence-electron chi connectivity index (χ3n) is 3.00. The predicted molar refractivity (Wildman–Crippen MR) is 76.1 cm³/mol. The van der Waals surface area contributed by atoms with Crippen molar-refractivity contribution in [2.75, 3.05) is 25.6 Å². The van der Waals surface area contributed by atoms with Gasteiger partial charge in [0.15, 0.2) is 0 Å². The van der Waals surface area contributed by atoms with E-state index in [0.717, 1.165) is 12.1 Å². The first-order valence-electron chi connectivity index (χ1n) is 6.50. The summed E-state index contributed by atoms with van der Waals surface area (Å²) < 4.78 is 18.1. The van der Waals surface area contributed by atoms with Gasteiger partial charge in [-0.15, -0.1) is 0 Å². The van der Waals surface area contributed by atoms with Gasteiger partial charge in [0.2, 0.25) is 0 Å². The number of carboxylic acid groups (broad SMARTS) is 1. The number of urea groups is 1. The molecule has 1 aromatic carbocycles. The number of carbonyl (C=O) groups is 2. The third kappa shape index (κ3) is 4.42. The molecule has 6 nitrogen and oxygen atoms in total. The van der Waals surface area contributed by atoms with Gasteiger partial charge in [-0.1, -0.05) is 0 Å². The highest BCUT2D eigenvalue weighted by molar-refractivity contribution is 6.00. The summed E-state index contributed by atoms with van der Waals surface area (Å²) >= 11 is 0. The molecule has 7 heteroatoms. The zero-order valence-electron chi connectivity index (χ0n) is 12.2. The number of amides is 2. The lowest BCUT2D eigenvalue weighted by molar-refractivity contribution is 0.0697. The van der Waals surface area contributed by atoms with Crippen LogP contribution in [-0.2, 0) is 4.74 Å². The van der Waals surface area contributed by atoms with E-state index in [9.17, 15) is 14.0 Å². The number of rotatable bonds is 6. The molecule has 2 amide bonds. The van der Waals surface area contributed by atoms with Gasteiger partial charge in [0.05, 0.1) is 23.9 Å². The van der Waals surface area contributed by atoms with Crippen LogP contribution in [0, 0.1) is 5.82 Å². The summed E-state index contributed by atoms with van der Waals surface area (Å²) in [7, 11) is 1.53. The minimum atomic E-state index is -1.31. The molecule has 0 aliphatic rings. The van der Waals surface area contributed by atoms with E-state index in [1.54, 1.807) is 6.92 Å². The van der Waals surface area contributed by atoms with Crippen LogP contribution in [0.4, 0.5) is 14.9 Å². The topological polar surface area (TPSA) is 78.9 Å². The lowest BCUT2D eigenvalue weighted by atomic mass is 10.1. The van der Waals surface area contributed by atoms with Crippen LogP contribution >= 0.6 is 0 Å². The van der Waals surface area contributed by atoms with Crippen LogP contribution in [0.1, 0.15) is 24.2 Å². The number of nitrogens with zero attached hydrogens (tertiary/aromatic N) is 1. The lowest BCUT2D eigenvalue weighted by Crippen LogP contribution is -2.43. The number of methoxy groups -OCH3 is 1. The number of carboxylic acids is 1. The SMILES string of the molecule is CCN(C(=O)Nc1ccc(F)cc1C(=O)O)C(C)COC. The summed E-state index contributed by atoms with van der Waals surface area (Å²) in [6.45, 7) is 4.40. The van der Waals surface area contributed by atoms with E-state index in [4.69, 9.17) is 9.84 Å². The second kappa shape index (κ2) is 7.58. The maximum atomic E-state index is 13.1. The van der Waals surface area contributed by atoms with Crippen molar-refractivity contribution in [3.8, 4) is 0 Å². The molecule has 2 N–H and O–H groups in total. The molecule has 0 aliphatic carbocycles. The van der Waals surface area contributed by atoms with E-state index in [-0.39, 0.29) is 17.3 Å². The standard InChI is InChI=1S/C14H19FN2O4/c1-4-17(9(2)8-21-3)14(20)16-12-6-5-10(15)7-11(12)13(18)19/h5-7,9H,4,8H2,1-3H3,(H,16,20)(H,18,19). The van der Waals surface area contributed by atoms with Gasteiger partial charge in [-0.05, 0) is 32.0 Å². The molecule has 0 bridgehead atoms. The summed E-state index contributed by atoms with van der Waals surface area (Å²) in [6, 6.07) is 2.56. The van der Waals surface area contributed by atoms with E-state index in [1.165, 1.54) is 18.1 Å². The van der Waals surface area contributed by atoms with E-state index in [0.29, 0.717) is 13.2 Å². The Labute approximate surface area is 122 Å². The van der Waals surface area contributed by atoms with Crippen molar-refractivity contribution in [3.05, 3.63) is 29.6 Å². The first kappa shape index (κ1) is 16.9. The van der Waals surface area contributed by atoms with Gasteiger partial charge in [0.25, 0.3) is 0 Å². The van der Waals surface area contributed by atoms with E-state index in [2.05, 4.69) is 5.32 Å². The number of benzene rings is 1. The van der Waals surface area contributed by atoms with E-state index in [1.807, 2.05) is 6.92 Å². The number of likely N-dealkylation sites (N-methyl/N-ethyl adjacent to an activating group) is 1. The molecule has 0 aliphatic heterocycles. The van der Waals surface area contributed by atoms with Crippen molar-refractivity contribution in [2.24, 2.45) is 0 Å². The highest BCUT2D eigenvalue weighted by Gasteiger charge is 2.20. The summed E-state index contributed by atoms with van der Waals surface area (Å²) in [5, 5.41) is 11.5. The maximum absolute atomic E-state index is 13.1. The fourth-order valence-electron chi connectivity index (χ4n) is 1.98. The van der Waals surface area contributed by atoms with Crippen LogP contribution in [0.5, 0.6) is 0 Å². The maximum Gasteiger partial charge on any atom is 0.337 e. The van der Waals surface area contributed by atoms with Crippen molar-refractivity contribution >= 4 is 17.7 Å². The molecule has 116 valence electrons. The molecule has 1 rings (SSSR count). The first-order chi connectivity index (χ1) is 9.90. The summed E-state index contributed by atoms with van der Waals surface area (Å²) in [4.78, 5) is 24.8. The fourth-order valence-corrected chi connectivity index (χ4v) is 1.98. The van der Waals surface area contributed by atoms with Gasteiger partial charge in [0.1, 0.15) is 5.82 Å². The first-order valence-corrected chi connectivity index (χ1v) is 6.50. The Morgan fingerprint density at radius 3 is 2.67 bits per heavy atom. The molecule has 1 atom stereocenters. The number of aromatic carboxylic acids is 1. The number of hydrogen-bond donors (Lipinski definition) is 2. The largest absolute Gasteiger partial charge is 0.478 e. The van der Waals surface area contributed by atoms with E-state index >= 15 is 0 Å². The normalized spacial score (nSPS) is 11.8. The minimum absolute atomic E-state index is 0.0527. The predicted octanol–water partition coefficient (Wildman–Crippen LogP) is 2.41.